The van der Waals surface area contributed by atoms with Gasteiger partial charge in [-0.3, -0.25) is 15.1 Å². The highest BCUT2D eigenvalue weighted by atomic mass is 19.1. The first-order valence-corrected chi connectivity index (χ1v) is 11.6. The molecule has 0 fully saturated rings. The second kappa shape index (κ2) is 9.70. The van der Waals surface area contributed by atoms with Gasteiger partial charge in [0.2, 0.25) is 0 Å². The van der Waals surface area contributed by atoms with Crippen molar-refractivity contribution in [3.05, 3.63) is 101 Å². The first kappa shape index (κ1) is 24.5. The van der Waals surface area contributed by atoms with Crippen LogP contribution in [0, 0.1) is 19.7 Å². The van der Waals surface area contributed by atoms with Crippen LogP contribution in [-0.2, 0) is 4.79 Å². The lowest BCUT2D eigenvalue weighted by molar-refractivity contribution is -0.111. The third-order valence-corrected chi connectivity index (χ3v) is 6.28. The monoisotopic (exact) mass is 511 g/mol. The van der Waals surface area contributed by atoms with E-state index in [-0.39, 0.29) is 22.9 Å². The third-order valence-electron chi connectivity index (χ3n) is 6.28. The number of rotatable bonds is 5. The molecule has 4 aromatic rings. The zero-order chi connectivity index (χ0) is 27.0. The Kier molecular flexibility index (Phi) is 6.26. The van der Waals surface area contributed by atoms with E-state index in [1.807, 2.05) is 32.0 Å². The highest BCUT2D eigenvalue weighted by Gasteiger charge is 2.36. The highest BCUT2D eigenvalue weighted by Crippen LogP contribution is 2.39. The minimum absolute atomic E-state index is 0.0145. The Balaban J connectivity index is 1.51. The number of nitrogens with zero attached hydrogens (tertiary/aromatic N) is 2. The zero-order valence-electron chi connectivity index (χ0n) is 20.4. The van der Waals surface area contributed by atoms with Gasteiger partial charge in [-0.15, -0.1) is 0 Å². The summed E-state index contributed by atoms with van der Waals surface area (Å²) in [6.07, 6.45) is -1.45. The van der Waals surface area contributed by atoms with Gasteiger partial charge in [0.15, 0.2) is 5.71 Å². The van der Waals surface area contributed by atoms with Gasteiger partial charge in [0, 0.05) is 16.8 Å². The second-order valence-electron chi connectivity index (χ2n) is 8.74. The Morgan fingerprint density at radius 2 is 1.74 bits per heavy atom. The van der Waals surface area contributed by atoms with Crippen LogP contribution in [0.4, 0.5) is 26.2 Å². The number of anilines is 3. The molecule has 3 N–H and O–H groups in total. The van der Waals surface area contributed by atoms with Crippen LogP contribution in [0.25, 0.3) is 11.1 Å². The number of phenols is 1. The van der Waals surface area contributed by atoms with E-state index in [2.05, 4.69) is 10.5 Å². The Labute approximate surface area is 217 Å². The molecule has 0 radical (unpaired) electrons. The molecule has 1 aliphatic heterocycles. The number of halogens is 1. The average molecular weight is 512 g/mol. The molecular formula is C29H22FN3O5. The summed E-state index contributed by atoms with van der Waals surface area (Å²) in [5.41, 5.74) is 7.31. The lowest BCUT2D eigenvalue weighted by Crippen LogP contribution is -2.26. The molecule has 0 spiro atoms. The molecule has 4 aromatic carbocycles. The number of hydrogen-bond donors (Lipinski definition) is 3. The Morgan fingerprint density at radius 1 is 0.947 bits per heavy atom. The molecule has 1 heterocycles. The van der Waals surface area contributed by atoms with Gasteiger partial charge in [-0.2, -0.15) is 5.10 Å². The van der Waals surface area contributed by atoms with Gasteiger partial charge in [-0.25, -0.2) is 9.18 Å². The number of nitrogens with one attached hydrogen (secondary N) is 1. The van der Waals surface area contributed by atoms with Crippen LogP contribution < -0.4 is 15.1 Å². The molecule has 0 saturated heterocycles. The summed E-state index contributed by atoms with van der Waals surface area (Å²) in [4.78, 5) is 25.9. The van der Waals surface area contributed by atoms with Gasteiger partial charge in [0.25, 0.3) is 5.91 Å². The van der Waals surface area contributed by atoms with E-state index in [0.29, 0.717) is 28.1 Å². The lowest BCUT2D eigenvalue weighted by Gasteiger charge is -2.18. The van der Waals surface area contributed by atoms with Gasteiger partial charge < -0.3 is 14.9 Å². The van der Waals surface area contributed by atoms with Gasteiger partial charge in [-0.05, 0) is 79.1 Å². The van der Waals surface area contributed by atoms with Crippen LogP contribution >= 0.6 is 0 Å². The molecule has 0 aromatic heterocycles. The summed E-state index contributed by atoms with van der Waals surface area (Å²) in [5, 5.41) is 24.1. The molecule has 0 bridgehead atoms. The van der Waals surface area contributed by atoms with E-state index in [1.54, 1.807) is 30.3 Å². The van der Waals surface area contributed by atoms with E-state index in [9.17, 15) is 19.1 Å². The van der Waals surface area contributed by atoms with Crippen molar-refractivity contribution in [1.29, 1.82) is 0 Å². The molecule has 38 heavy (non-hydrogen) atoms. The maximum atomic E-state index is 14.2. The number of aromatic hydroxyl groups is 1. The molecule has 1 aliphatic rings. The fourth-order valence-electron chi connectivity index (χ4n) is 4.26. The third kappa shape index (κ3) is 4.53. The van der Waals surface area contributed by atoms with Crippen LogP contribution in [0.2, 0.25) is 0 Å². The first-order chi connectivity index (χ1) is 18.2. The van der Waals surface area contributed by atoms with Crippen LogP contribution in [0.1, 0.15) is 16.7 Å². The predicted molar refractivity (Wildman–Crippen MR) is 142 cm³/mol. The second-order valence-corrected chi connectivity index (χ2v) is 8.74. The van der Waals surface area contributed by atoms with Crippen molar-refractivity contribution in [2.45, 2.75) is 13.8 Å². The number of aryl methyl sites for hydroxylation is 2. The number of para-hydroxylation sites is 1. The number of carboxylic acid groups (broad SMARTS) is 1. The first-order valence-electron chi connectivity index (χ1n) is 11.6. The van der Waals surface area contributed by atoms with Crippen molar-refractivity contribution >= 4 is 34.8 Å². The SMILES string of the molecule is Cc1ccc(N2C(=O)C(=NNc3cccc(-c4cccc(OC(=O)O)c4)c3O)c3cc(F)ccc32)cc1C. The molecular weight excluding hydrogens is 489 g/mol. The van der Waals surface area contributed by atoms with E-state index in [1.165, 1.54) is 35.2 Å². The maximum Gasteiger partial charge on any atom is 0.511 e. The minimum atomic E-state index is -1.45. The molecule has 9 heteroatoms. The molecule has 0 unspecified atom stereocenters. The summed E-state index contributed by atoms with van der Waals surface area (Å²) < 4.78 is 18.9. The van der Waals surface area contributed by atoms with Crippen molar-refractivity contribution in [1.82, 2.24) is 0 Å². The van der Waals surface area contributed by atoms with Crippen molar-refractivity contribution in [2.75, 3.05) is 10.3 Å². The molecule has 190 valence electrons. The molecule has 0 saturated carbocycles. The summed E-state index contributed by atoms with van der Waals surface area (Å²) in [5.74, 6) is -1.05. The number of carbonyl (C=O) groups excluding carboxylic acids is 1. The number of hydrogen-bond acceptors (Lipinski definition) is 6. The molecule has 1 amide bonds. The topological polar surface area (TPSA) is 111 Å². The van der Waals surface area contributed by atoms with Crippen LogP contribution in [0.5, 0.6) is 11.5 Å². The van der Waals surface area contributed by atoms with Crippen LogP contribution in [0.15, 0.2) is 84.0 Å². The quantitative estimate of drug-likeness (QED) is 0.124. The molecule has 0 aliphatic carbocycles. The van der Waals surface area contributed by atoms with E-state index >= 15 is 0 Å². The normalized spacial score (nSPS) is 13.5. The number of benzene rings is 4. The molecule has 0 atom stereocenters. The van der Waals surface area contributed by atoms with Crippen molar-refractivity contribution < 1.29 is 28.9 Å². The average Bonchev–Trinajstić information content (AvgIpc) is 3.15. The number of amides is 1. The summed E-state index contributed by atoms with van der Waals surface area (Å²) in [6, 6.07) is 20.8. The summed E-state index contributed by atoms with van der Waals surface area (Å²) in [7, 11) is 0. The fraction of sp³-hybridized carbons (Fsp3) is 0.0690. The van der Waals surface area contributed by atoms with Crippen molar-refractivity contribution in [3.63, 3.8) is 0 Å². The van der Waals surface area contributed by atoms with E-state index < -0.39 is 17.9 Å². The smallest absolute Gasteiger partial charge is 0.505 e. The van der Waals surface area contributed by atoms with Gasteiger partial charge in [-0.1, -0.05) is 30.3 Å². The van der Waals surface area contributed by atoms with Gasteiger partial charge in [0.05, 0.1) is 11.4 Å². The Morgan fingerprint density at radius 3 is 2.50 bits per heavy atom. The summed E-state index contributed by atoms with van der Waals surface area (Å²) in [6.45, 7) is 3.92. The van der Waals surface area contributed by atoms with E-state index in [0.717, 1.165) is 11.1 Å². The minimum Gasteiger partial charge on any atom is -0.505 e. The Bertz CT molecular complexity index is 1630. The largest absolute Gasteiger partial charge is 0.511 e. The number of carbonyl (C=O) groups is 2. The maximum absolute atomic E-state index is 14.2. The Hall–Kier alpha value is -5.18. The number of phenolic OH excluding ortho intramolecular Hbond substituents is 1. The van der Waals surface area contributed by atoms with E-state index in [4.69, 9.17) is 9.84 Å². The standard InChI is InChI=1S/C29H22FN3O5/c1-16-9-11-20(13-17(16)2)33-25-12-10-19(30)15-23(25)26(28(33)35)32-31-24-8-4-7-22(27(24)34)18-5-3-6-21(14-18)38-29(36)37/h3-15,31,34H,1-2H3,(H,36,37). The molecule has 5 rings (SSSR count). The number of fused-ring (bicyclic) bond motifs is 1. The zero-order valence-corrected chi connectivity index (χ0v) is 20.4. The van der Waals surface area contributed by atoms with Crippen molar-refractivity contribution in [2.24, 2.45) is 5.10 Å². The van der Waals surface area contributed by atoms with Gasteiger partial charge in [0.1, 0.15) is 17.3 Å². The van der Waals surface area contributed by atoms with Gasteiger partial charge >= 0.3 is 6.16 Å². The fourth-order valence-corrected chi connectivity index (χ4v) is 4.26. The predicted octanol–water partition coefficient (Wildman–Crippen LogP) is 6.37. The number of ether oxygens (including phenoxy) is 1. The lowest BCUT2D eigenvalue weighted by atomic mass is 10.0. The van der Waals surface area contributed by atoms with Crippen LogP contribution in [0.3, 0.4) is 0 Å². The molecule has 8 nitrogen and oxygen atoms in total. The van der Waals surface area contributed by atoms with Crippen molar-refractivity contribution in [3.8, 4) is 22.6 Å². The summed E-state index contributed by atoms with van der Waals surface area (Å²) >= 11 is 0. The van der Waals surface area contributed by atoms with Crippen LogP contribution in [-0.4, -0.2) is 28.0 Å². The number of hydrazone groups is 1. The highest BCUT2D eigenvalue weighted by molar-refractivity contribution is 6.55.